The molecule has 0 saturated carbocycles. The minimum atomic E-state index is -1.44. The van der Waals surface area contributed by atoms with E-state index in [9.17, 15) is 14.4 Å². The average Bonchev–Trinajstić information content (AvgIpc) is 2.96. The summed E-state index contributed by atoms with van der Waals surface area (Å²) in [4.78, 5) is 44.6. The van der Waals surface area contributed by atoms with Crippen LogP contribution < -0.4 is 4.90 Å². The number of imide groups is 2. The first kappa shape index (κ1) is 26.6. The minimum Gasteiger partial charge on any atom is -0.351 e. The van der Waals surface area contributed by atoms with Gasteiger partial charge in [-0.25, -0.2) is 9.37 Å². The van der Waals surface area contributed by atoms with Crippen LogP contribution in [0.15, 0.2) is 94.7 Å². The summed E-state index contributed by atoms with van der Waals surface area (Å²) in [7, 11) is 6.79. The lowest BCUT2D eigenvalue weighted by atomic mass is 9.59. The van der Waals surface area contributed by atoms with Crippen LogP contribution in [0.4, 0.5) is 16.2 Å². The maximum Gasteiger partial charge on any atom is 0.332 e. The van der Waals surface area contributed by atoms with E-state index in [1.54, 1.807) is 0 Å². The Kier molecular flexibility index (Phi) is 7.03. The molecule has 1 unspecified atom stereocenters. The highest BCUT2D eigenvalue weighted by Gasteiger charge is 2.62. The van der Waals surface area contributed by atoms with Crippen molar-refractivity contribution in [1.82, 2.24) is 9.80 Å². The first-order chi connectivity index (χ1) is 18.6. The van der Waals surface area contributed by atoms with Crippen LogP contribution in [0.2, 0.25) is 0 Å². The lowest BCUT2D eigenvalue weighted by molar-refractivity contribution is -0.399. The monoisotopic (exact) mass is 543 g/mol. The highest BCUT2D eigenvalue weighted by Crippen LogP contribution is 2.54. The summed E-state index contributed by atoms with van der Waals surface area (Å²) in [5.74, 6) is -1.39. The van der Waals surface area contributed by atoms with Crippen molar-refractivity contribution in [2.24, 2.45) is 11.3 Å². The smallest absolute Gasteiger partial charge is 0.332 e. The molecule has 1 atom stereocenters. The number of hydrogen-bond donors (Lipinski definition) is 0. The molecule has 2 aromatic rings. The van der Waals surface area contributed by atoms with Gasteiger partial charge >= 0.3 is 6.03 Å². The van der Waals surface area contributed by atoms with E-state index in [-0.39, 0.29) is 6.42 Å². The standard InChI is InChI=1S/C31H32ClN4O3/c1-33(23-11-7-5-8-12-23)19-21-17-25-26(31(18-21)28(37)35(3)30(39)36(4)29(31)38)16-15-22(27(25)32)20-34(2)24-13-9-6-10-14-24/h5-14,17,19-20,26H,15-16,18H2,1-4H3/q+1. The number of urea groups is 1. The van der Waals surface area contributed by atoms with Gasteiger partial charge in [0.1, 0.15) is 12.5 Å². The number of carbonyl (C=O) groups is 3. The van der Waals surface area contributed by atoms with Gasteiger partial charge in [0.05, 0.1) is 0 Å². The summed E-state index contributed by atoms with van der Waals surface area (Å²) < 4.78 is 1.97. The highest BCUT2D eigenvalue weighted by molar-refractivity contribution is 6.33. The van der Waals surface area contributed by atoms with Crippen molar-refractivity contribution in [1.29, 1.82) is 0 Å². The van der Waals surface area contributed by atoms with Gasteiger partial charge in [-0.15, -0.1) is 0 Å². The molecule has 3 aliphatic rings. The molecule has 1 saturated heterocycles. The van der Waals surface area contributed by atoms with Gasteiger partial charge in [-0.05, 0) is 42.2 Å². The lowest BCUT2D eigenvalue weighted by Crippen LogP contribution is -2.66. The number of hydrogen-bond acceptors (Lipinski definition) is 4. The molecule has 39 heavy (non-hydrogen) atoms. The number of barbiturate groups is 1. The third-order valence-corrected chi connectivity index (χ3v) is 8.48. The van der Waals surface area contributed by atoms with Gasteiger partial charge in [0.2, 0.25) is 17.5 Å². The number of rotatable bonds is 4. The molecule has 1 aliphatic heterocycles. The largest absolute Gasteiger partial charge is 0.351 e. The quantitative estimate of drug-likeness (QED) is 0.297. The maximum atomic E-state index is 13.9. The van der Waals surface area contributed by atoms with Crippen molar-refractivity contribution in [2.45, 2.75) is 19.3 Å². The van der Waals surface area contributed by atoms with Gasteiger partial charge in [0, 0.05) is 68.1 Å². The molecule has 0 aromatic heterocycles. The zero-order valence-corrected chi connectivity index (χ0v) is 23.4. The number of nitrogens with zero attached hydrogens (tertiary/aromatic N) is 4. The number of fused-ring (bicyclic) bond motifs is 2. The molecule has 7 nitrogen and oxygen atoms in total. The van der Waals surface area contributed by atoms with Gasteiger partial charge < -0.3 is 4.90 Å². The predicted octanol–water partition coefficient (Wildman–Crippen LogP) is 5.32. The fraction of sp³-hybridized carbons (Fsp3) is 0.290. The summed E-state index contributed by atoms with van der Waals surface area (Å²) >= 11 is 7.10. The van der Waals surface area contributed by atoms with Crippen LogP contribution in [0.3, 0.4) is 0 Å². The fourth-order valence-corrected chi connectivity index (χ4v) is 6.30. The molecule has 0 radical (unpaired) electrons. The number of benzene rings is 2. The second-order valence-corrected chi connectivity index (χ2v) is 10.8. The number of anilines is 1. The fourth-order valence-electron chi connectivity index (χ4n) is 5.98. The van der Waals surface area contributed by atoms with Gasteiger partial charge in [-0.1, -0.05) is 48.0 Å². The molecule has 8 heteroatoms. The van der Waals surface area contributed by atoms with Gasteiger partial charge in [-0.2, -0.15) is 0 Å². The Labute approximate surface area is 234 Å². The molecular formula is C31H32ClN4O3+. The van der Waals surface area contributed by atoms with Gasteiger partial charge in [0.25, 0.3) is 0 Å². The van der Waals surface area contributed by atoms with E-state index >= 15 is 0 Å². The summed E-state index contributed by atoms with van der Waals surface area (Å²) in [5, 5.41) is 0.546. The second-order valence-electron chi connectivity index (χ2n) is 10.4. The van der Waals surface area contributed by atoms with Crippen molar-refractivity contribution >= 4 is 47.0 Å². The maximum absolute atomic E-state index is 13.9. The number of halogens is 1. The zero-order valence-electron chi connectivity index (χ0n) is 22.6. The molecule has 1 fully saturated rings. The van der Waals surface area contributed by atoms with Crippen LogP contribution in [-0.2, 0) is 9.59 Å². The molecule has 1 spiro atoms. The van der Waals surface area contributed by atoms with Crippen LogP contribution in [-0.4, -0.2) is 66.6 Å². The Morgan fingerprint density at radius 2 is 1.56 bits per heavy atom. The van der Waals surface area contributed by atoms with Crippen LogP contribution in [0, 0.1) is 11.3 Å². The predicted molar refractivity (Wildman–Crippen MR) is 153 cm³/mol. The van der Waals surface area contributed by atoms with Crippen molar-refractivity contribution in [3.8, 4) is 0 Å². The van der Waals surface area contributed by atoms with Gasteiger partial charge in [-0.3, -0.25) is 19.4 Å². The topological polar surface area (TPSA) is 63.9 Å². The SMILES string of the molecule is CN1C(=O)N(C)C(=O)C2(CC(C=[N+](C)c3ccccc3)=CC3=C(Cl)C(=CN(C)c4ccccc4)CCC32)C1=O. The summed E-state index contributed by atoms with van der Waals surface area (Å²) in [6, 6.07) is 19.2. The lowest BCUT2D eigenvalue weighted by Gasteiger charge is -2.49. The van der Waals surface area contributed by atoms with Crippen molar-refractivity contribution in [3.05, 3.63) is 94.7 Å². The highest BCUT2D eigenvalue weighted by atomic mass is 35.5. The van der Waals surface area contributed by atoms with Crippen LogP contribution >= 0.6 is 11.6 Å². The molecule has 4 amide bonds. The van der Waals surface area contributed by atoms with E-state index < -0.39 is 29.2 Å². The molecular weight excluding hydrogens is 512 g/mol. The number of allylic oxidation sites excluding steroid dienone is 5. The number of amides is 4. The Morgan fingerprint density at radius 3 is 2.18 bits per heavy atom. The van der Waals surface area contributed by atoms with E-state index in [2.05, 4.69) is 0 Å². The third kappa shape index (κ3) is 4.51. The van der Waals surface area contributed by atoms with E-state index in [1.807, 2.05) is 103 Å². The van der Waals surface area contributed by atoms with Crippen LogP contribution in [0.25, 0.3) is 0 Å². The Hall–Kier alpha value is -3.97. The first-order valence-corrected chi connectivity index (χ1v) is 13.3. The Balaban J connectivity index is 1.66. The van der Waals surface area contributed by atoms with Crippen molar-refractivity contribution in [2.75, 3.05) is 33.1 Å². The summed E-state index contributed by atoms with van der Waals surface area (Å²) in [5.41, 5.74) is 3.03. The van der Waals surface area contributed by atoms with Crippen molar-refractivity contribution < 1.29 is 19.0 Å². The second kappa shape index (κ2) is 10.3. The molecule has 2 aliphatic carbocycles. The molecule has 1 heterocycles. The third-order valence-electron chi connectivity index (χ3n) is 8.01. The molecule has 5 rings (SSSR count). The van der Waals surface area contributed by atoms with Crippen LogP contribution in [0.5, 0.6) is 0 Å². The molecule has 2 aromatic carbocycles. The van der Waals surface area contributed by atoms with E-state index in [1.165, 1.54) is 14.1 Å². The van der Waals surface area contributed by atoms with E-state index in [4.69, 9.17) is 11.6 Å². The average molecular weight is 544 g/mol. The summed E-state index contributed by atoms with van der Waals surface area (Å²) in [6.45, 7) is 0. The Morgan fingerprint density at radius 1 is 0.974 bits per heavy atom. The Bertz CT molecular complexity index is 1440. The zero-order chi connectivity index (χ0) is 27.9. The van der Waals surface area contributed by atoms with E-state index in [0.717, 1.165) is 37.9 Å². The number of carbonyl (C=O) groups excluding carboxylic acids is 3. The molecule has 0 N–H and O–H groups in total. The van der Waals surface area contributed by atoms with Crippen LogP contribution in [0.1, 0.15) is 19.3 Å². The minimum absolute atomic E-state index is 0.186. The van der Waals surface area contributed by atoms with Crippen molar-refractivity contribution in [3.63, 3.8) is 0 Å². The molecule has 200 valence electrons. The first-order valence-electron chi connectivity index (χ1n) is 13.0. The van der Waals surface area contributed by atoms with E-state index in [0.29, 0.717) is 17.9 Å². The molecule has 0 bridgehead atoms. The normalized spacial score (nSPS) is 22.4. The summed E-state index contributed by atoms with van der Waals surface area (Å²) in [6.07, 6.45) is 7.32. The van der Waals surface area contributed by atoms with Gasteiger partial charge in [0.15, 0.2) is 6.21 Å². The number of para-hydroxylation sites is 2.